The summed E-state index contributed by atoms with van der Waals surface area (Å²) in [6, 6.07) is 32.1. The van der Waals surface area contributed by atoms with Crippen LogP contribution in [0.5, 0.6) is 0 Å². The third-order valence-electron chi connectivity index (χ3n) is 9.06. The van der Waals surface area contributed by atoms with Gasteiger partial charge in [0.15, 0.2) is 0 Å². The molecule has 228 valence electrons. The molecule has 1 saturated heterocycles. The van der Waals surface area contributed by atoms with E-state index in [0.717, 1.165) is 55.4 Å². The number of fused-ring (bicyclic) bond motifs is 2. The number of aryl methyl sites for hydroxylation is 4. The van der Waals surface area contributed by atoms with Gasteiger partial charge in [-0.15, -0.1) is 0 Å². The first-order valence-corrected chi connectivity index (χ1v) is 15.8. The van der Waals surface area contributed by atoms with E-state index in [1.165, 1.54) is 11.1 Å². The summed E-state index contributed by atoms with van der Waals surface area (Å²) < 4.78 is 0. The highest BCUT2D eigenvalue weighted by molar-refractivity contribution is 6.09. The molecule has 3 heterocycles. The van der Waals surface area contributed by atoms with Crippen LogP contribution in [0.3, 0.4) is 0 Å². The molecule has 0 saturated carbocycles. The summed E-state index contributed by atoms with van der Waals surface area (Å²) in [6.45, 7) is 10.1. The van der Waals surface area contributed by atoms with Crippen LogP contribution in [0.25, 0.3) is 44.3 Å². The molecule has 0 radical (unpaired) electrons. The average Bonchev–Trinajstić information content (AvgIpc) is 3.07. The zero-order valence-electron chi connectivity index (χ0n) is 26.7. The maximum absolute atomic E-state index is 14.1. The van der Waals surface area contributed by atoms with Gasteiger partial charge in [0.05, 0.1) is 33.5 Å². The number of hydrogen-bond donors (Lipinski definition) is 0. The molecule has 0 bridgehead atoms. The van der Waals surface area contributed by atoms with Crippen molar-refractivity contribution in [1.29, 1.82) is 0 Å². The molecule has 2 amide bonds. The summed E-state index contributed by atoms with van der Waals surface area (Å²) >= 11 is 0. The number of amides is 2. The molecule has 1 aliphatic rings. The highest BCUT2D eigenvalue weighted by atomic mass is 16.2. The number of carbonyl (C=O) groups excluding carboxylic acids is 2. The van der Waals surface area contributed by atoms with Crippen molar-refractivity contribution in [2.75, 3.05) is 26.2 Å². The smallest absolute Gasteiger partial charge is 0.254 e. The number of rotatable bonds is 4. The summed E-state index contributed by atoms with van der Waals surface area (Å²) in [4.78, 5) is 41.8. The Kier molecular flexibility index (Phi) is 7.57. The van der Waals surface area contributed by atoms with Crippen LogP contribution in [0.15, 0.2) is 97.1 Å². The lowest BCUT2D eigenvalue weighted by atomic mass is 9.98. The fourth-order valence-electron chi connectivity index (χ4n) is 6.64. The van der Waals surface area contributed by atoms with Crippen LogP contribution in [0.2, 0.25) is 0 Å². The van der Waals surface area contributed by atoms with Gasteiger partial charge in [0.2, 0.25) is 0 Å². The molecule has 7 rings (SSSR count). The number of nitrogens with zero attached hydrogens (tertiary/aromatic N) is 4. The van der Waals surface area contributed by atoms with Crippen molar-refractivity contribution in [3.8, 4) is 22.5 Å². The van der Waals surface area contributed by atoms with Crippen LogP contribution in [-0.2, 0) is 0 Å². The van der Waals surface area contributed by atoms with E-state index < -0.39 is 0 Å². The summed E-state index contributed by atoms with van der Waals surface area (Å²) in [5, 5.41) is 1.67. The number of piperazine rings is 1. The predicted octanol–water partition coefficient (Wildman–Crippen LogP) is 7.95. The molecule has 6 aromatic rings. The van der Waals surface area contributed by atoms with Crippen molar-refractivity contribution in [3.05, 3.63) is 130 Å². The number of aromatic nitrogens is 2. The molecule has 6 heteroatoms. The first kappa shape index (κ1) is 29.4. The normalized spacial score (nSPS) is 13.4. The number of para-hydroxylation sites is 2. The fraction of sp³-hybridized carbons (Fsp3) is 0.200. The third-order valence-corrected chi connectivity index (χ3v) is 9.06. The largest absolute Gasteiger partial charge is 0.335 e. The Morgan fingerprint density at radius 2 is 0.913 bits per heavy atom. The molecule has 4 aromatic carbocycles. The molecule has 0 aliphatic carbocycles. The lowest BCUT2D eigenvalue weighted by molar-refractivity contribution is 0.0537. The van der Waals surface area contributed by atoms with Crippen molar-refractivity contribution >= 4 is 33.6 Å². The minimum Gasteiger partial charge on any atom is -0.335 e. The van der Waals surface area contributed by atoms with Crippen LogP contribution in [-0.4, -0.2) is 57.8 Å². The molecule has 0 spiro atoms. The quantitative estimate of drug-likeness (QED) is 0.205. The van der Waals surface area contributed by atoms with E-state index in [4.69, 9.17) is 9.97 Å². The maximum Gasteiger partial charge on any atom is 0.254 e. The number of carbonyl (C=O) groups is 2. The molecule has 6 nitrogen and oxygen atoms in total. The SMILES string of the molecule is Cc1ccc(-c2cc(C(=O)N3CCN(C(=O)c4cc(-c5ccc(C)cc5C)nc5ccccc45)CC3)c3ccccc3n2)c(C)c1. The summed E-state index contributed by atoms with van der Waals surface area (Å²) in [6.07, 6.45) is 0. The van der Waals surface area contributed by atoms with Gasteiger partial charge in [-0.05, 0) is 63.1 Å². The molecule has 2 aromatic heterocycles. The number of pyridine rings is 2. The van der Waals surface area contributed by atoms with Gasteiger partial charge < -0.3 is 9.80 Å². The van der Waals surface area contributed by atoms with Gasteiger partial charge in [-0.2, -0.15) is 0 Å². The fourth-order valence-corrected chi connectivity index (χ4v) is 6.64. The van der Waals surface area contributed by atoms with Gasteiger partial charge in [0, 0.05) is 48.1 Å². The zero-order chi connectivity index (χ0) is 31.9. The van der Waals surface area contributed by atoms with E-state index in [2.05, 4.69) is 64.1 Å². The van der Waals surface area contributed by atoms with Crippen LogP contribution in [0, 0.1) is 27.7 Å². The van der Waals surface area contributed by atoms with Gasteiger partial charge in [0.25, 0.3) is 11.8 Å². The molecule has 0 atom stereocenters. The van der Waals surface area contributed by atoms with E-state index in [0.29, 0.717) is 37.3 Å². The van der Waals surface area contributed by atoms with Gasteiger partial charge >= 0.3 is 0 Å². The van der Waals surface area contributed by atoms with Gasteiger partial charge in [-0.25, -0.2) is 9.97 Å². The minimum atomic E-state index is -0.0387. The predicted molar refractivity (Wildman–Crippen MR) is 185 cm³/mol. The van der Waals surface area contributed by atoms with E-state index in [9.17, 15) is 9.59 Å². The molecule has 1 aliphatic heterocycles. The average molecular weight is 605 g/mol. The van der Waals surface area contributed by atoms with Gasteiger partial charge in [-0.3, -0.25) is 9.59 Å². The van der Waals surface area contributed by atoms with Crippen molar-refractivity contribution in [2.45, 2.75) is 27.7 Å². The summed E-state index contributed by atoms with van der Waals surface area (Å²) in [5.41, 5.74) is 11.1. The lowest BCUT2D eigenvalue weighted by Gasteiger charge is -2.35. The molecule has 0 N–H and O–H groups in total. The van der Waals surface area contributed by atoms with Crippen molar-refractivity contribution in [1.82, 2.24) is 19.8 Å². The minimum absolute atomic E-state index is 0.0387. The Bertz CT molecular complexity index is 2010. The Morgan fingerprint density at radius 3 is 1.30 bits per heavy atom. The molecular formula is C40H36N4O2. The monoisotopic (exact) mass is 604 g/mol. The first-order chi connectivity index (χ1) is 22.3. The summed E-state index contributed by atoms with van der Waals surface area (Å²) in [7, 11) is 0. The van der Waals surface area contributed by atoms with Gasteiger partial charge in [-0.1, -0.05) is 83.9 Å². The van der Waals surface area contributed by atoms with Crippen molar-refractivity contribution in [2.24, 2.45) is 0 Å². The van der Waals surface area contributed by atoms with Gasteiger partial charge in [0.1, 0.15) is 0 Å². The molecular weight excluding hydrogens is 568 g/mol. The highest BCUT2D eigenvalue weighted by Gasteiger charge is 2.28. The van der Waals surface area contributed by atoms with Crippen LogP contribution < -0.4 is 0 Å². The second-order valence-electron chi connectivity index (χ2n) is 12.4. The van der Waals surface area contributed by atoms with Crippen LogP contribution in [0.4, 0.5) is 0 Å². The number of benzene rings is 4. The van der Waals surface area contributed by atoms with E-state index >= 15 is 0 Å². The highest BCUT2D eigenvalue weighted by Crippen LogP contribution is 2.31. The first-order valence-electron chi connectivity index (χ1n) is 15.8. The van der Waals surface area contributed by atoms with Crippen molar-refractivity contribution < 1.29 is 9.59 Å². The van der Waals surface area contributed by atoms with Crippen LogP contribution in [0.1, 0.15) is 43.0 Å². The van der Waals surface area contributed by atoms with E-state index in [-0.39, 0.29) is 11.8 Å². The van der Waals surface area contributed by atoms with E-state index in [1.807, 2.05) is 70.5 Å². The lowest BCUT2D eigenvalue weighted by Crippen LogP contribution is -2.50. The number of hydrogen-bond acceptors (Lipinski definition) is 4. The second-order valence-corrected chi connectivity index (χ2v) is 12.4. The molecule has 1 fully saturated rings. The maximum atomic E-state index is 14.1. The van der Waals surface area contributed by atoms with Crippen molar-refractivity contribution in [3.63, 3.8) is 0 Å². The third kappa shape index (κ3) is 5.40. The zero-order valence-corrected chi connectivity index (χ0v) is 26.7. The summed E-state index contributed by atoms with van der Waals surface area (Å²) in [5.74, 6) is -0.0774. The topological polar surface area (TPSA) is 66.4 Å². The second kappa shape index (κ2) is 11.9. The van der Waals surface area contributed by atoms with Crippen LogP contribution >= 0.6 is 0 Å². The standard InChI is InChI=1S/C40H36N4O2/c1-25-13-15-29(27(3)21-25)37-23-33(31-9-5-7-11-35(31)41-37)39(45)43-17-19-44(20-18-43)40(46)34-24-38(30-16-14-26(2)22-28(30)4)42-36-12-8-6-10-32(34)36/h5-16,21-24H,17-20H2,1-4H3. The molecule has 46 heavy (non-hydrogen) atoms. The Morgan fingerprint density at radius 1 is 0.522 bits per heavy atom. The van der Waals surface area contributed by atoms with E-state index in [1.54, 1.807) is 0 Å². The Labute approximate surface area is 269 Å². The Balaban J connectivity index is 1.17. The molecule has 0 unspecified atom stereocenters. The Hall–Kier alpha value is -5.36.